The maximum Gasteiger partial charge on any atom is 0.184 e. The summed E-state index contributed by atoms with van der Waals surface area (Å²) in [5, 5.41) is 0. The molecule has 126 valence electrons. The van der Waals surface area contributed by atoms with E-state index in [0.29, 0.717) is 13.2 Å². The van der Waals surface area contributed by atoms with Gasteiger partial charge in [-0.25, -0.2) is 0 Å². The van der Waals surface area contributed by atoms with Crippen LogP contribution in [0.25, 0.3) is 0 Å². The Hall–Kier alpha value is 0.491. The molecule has 0 aromatic heterocycles. The molecule has 0 aromatic rings. The fourth-order valence-electron chi connectivity index (χ4n) is 2.40. The van der Waals surface area contributed by atoms with Crippen molar-refractivity contribution in [1.29, 1.82) is 0 Å². The minimum Gasteiger partial charge on any atom is -0.410 e. The molecular formula is C14H34O4Si3. The molecule has 1 heterocycles. The lowest BCUT2D eigenvalue weighted by molar-refractivity contribution is -0.131. The number of ether oxygens (including phenoxy) is 1. The van der Waals surface area contributed by atoms with Gasteiger partial charge in [-0.15, -0.1) is 0 Å². The van der Waals surface area contributed by atoms with Gasteiger partial charge in [-0.2, -0.15) is 0 Å². The van der Waals surface area contributed by atoms with Crippen LogP contribution in [0, 0.1) is 0 Å². The van der Waals surface area contributed by atoms with Gasteiger partial charge in [0.1, 0.15) is 0 Å². The molecule has 7 heteroatoms. The van der Waals surface area contributed by atoms with E-state index in [0.717, 1.165) is 0 Å². The van der Waals surface area contributed by atoms with E-state index >= 15 is 0 Å². The van der Waals surface area contributed by atoms with Gasteiger partial charge in [-0.05, 0) is 58.9 Å². The van der Waals surface area contributed by atoms with Crippen molar-refractivity contribution in [2.75, 3.05) is 13.2 Å². The highest BCUT2D eigenvalue weighted by Crippen LogP contribution is 2.26. The van der Waals surface area contributed by atoms with E-state index < -0.39 is 25.0 Å². The largest absolute Gasteiger partial charge is 0.410 e. The minimum absolute atomic E-state index is 0.00140. The molecule has 1 aliphatic heterocycles. The second kappa shape index (κ2) is 6.94. The molecule has 0 N–H and O–H groups in total. The van der Waals surface area contributed by atoms with Gasteiger partial charge in [0.15, 0.2) is 25.0 Å². The molecule has 0 saturated carbocycles. The Morgan fingerprint density at radius 2 is 0.952 bits per heavy atom. The minimum atomic E-state index is -1.66. The molecule has 21 heavy (non-hydrogen) atoms. The van der Waals surface area contributed by atoms with Gasteiger partial charge in [0.05, 0.1) is 31.5 Å². The van der Waals surface area contributed by atoms with Gasteiger partial charge in [-0.3, -0.25) is 0 Å². The van der Waals surface area contributed by atoms with Crippen LogP contribution >= 0.6 is 0 Å². The van der Waals surface area contributed by atoms with Crippen molar-refractivity contribution in [3.8, 4) is 0 Å². The molecule has 0 amide bonds. The molecule has 0 bridgehead atoms. The first-order valence-corrected chi connectivity index (χ1v) is 18.1. The zero-order valence-electron chi connectivity index (χ0n) is 15.3. The number of hydrogen-bond donors (Lipinski definition) is 0. The van der Waals surface area contributed by atoms with E-state index in [1.165, 1.54) is 0 Å². The van der Waals surface area contributed by atoms with Crippen molar-refractivity contribution in [3.63, 3.8) is 0 Å². The first-order valence-electron chi connectivity index (χ1n) is 7.88. The van der Waals surface area contributed by atoms with Crippen molar-refractivity contribution >= 4 is 25.0 Å². The van der Waals surface area contributed by atoms with Gasteiger partial charge < -0.3 is 18.0 Å². The Labute approximate surface area is 133 Å². The molecule has 2 atom stereocenters. The van der Waals surface area contributed by atoms with Crippen LogP contribution in [-0.2, 0) is 18.0 Å². The third kappa shape index (κ3) is 8.06. The van der Waals surface area contributed by atoms with Crippen LogP contribution in [0.2, 0.25) is 58.9 Å². The van der Waals surface area contributed by atoms with Gasteiger partial charge in [0.2, 0.25) is 0 Å². The molecule has 0 radical (unpaired) electrons. The second-order valence-electron chi connectivity index (χ2n) is 8.77. The molecule has 1 aliphatic rings. The van der Waals surface area contributed by atoms with E-state index in [-0.39, 0.29) is 18.3 Å². The van der Waals surface area contributed by atoms with Crippen molar-refractivity contribution < 1.29 is 18.0 Å². The zero-order valence-corrected chi connectivity index (χ0v) is 18.3. The van der Waals surface area contributed by atoms with E-state index in [2.05, 4.69) is 58.9 Å². The van der Waals surface area contributed by atoms with E-state index in [9.17, 15) is 0 Å². The third-order valence-electron chi connectivity index (χ3n) is 2.80. The maximum atomic E-state index is 6.45. The first-order chi connectivity index (χ1) is 9.27. The Bertz CT molecular complexity index is 307. The van der Waals surface area contributed by atoms with Gasteiger partial charge in [0.25, 0.3) is 0 Å². The van der Waals surface area contributed by atoms with Gasteiger partial charge in [-0.1, -0.05) is 0 Å². The van der Waals surface area contributed by atoms with Crippen LogP contribution in [0.5, 0.6) is 0 Å². The summed E-state index contributed by atoms with van der Waals surface area (Å²) >= 11 is 0. The topological polar surface area (TPSA) is 36.9 Å². The first kappa shape index (κ1) is 19.5. The highest BCUT2D eigenvalue weighted by molar-refractivity contribution is 6.70. The Morgan fingerprint density at radius 3 is 1.24 bits per heavy atom. The number of hydrogen-bond acceptors (Lipinski definition) is 4. The SMILES string of the molecule is C[Si](C)(C)OC1COCC(O[Si](C)(C)C)C1O[Si](C)(C)C. The Kier molecular flexibility index (Phi) is 6.46. The summed E-state index contributed by atoms with van der Waals surface area (Å²) in [5.74, 6) is 0. The summed E-state index contributed by atoms with van der Waals surface area (Å²) in [5.41, 5.74) is 0. The lowest BCUT2D eigenvalue weighted by Crippen LogP contribution is -2.58. The van der Waals surface area contributed by atoms with Crippen molar-refractivity contribution in [2.24, 2.45) is 0 Å². The summed E-state index contributed by atoms with van der Waals surface area (Å²) in [7, 11) is -4.94. The lowest BCUT2D eigenvalue weighted by Gasteiger charge is -2.44. The van der Waals surface area contributed by atoms with E-state index in [1.807, 2.05) is 0 Å². The normalized spacial score (nSPS) is 28.7. The second-order valence-corrected chi connectivity index (χ2v) is 22.2. The molecular weight excluding hydrogens is 316 g/mol. The standard InChI is InChI=1S/C14H34O4Si3/c1-19(2,3)16-12-10-15-11-13(17-20(4,5)6)14(12)18-21(7,8)9/h12-14H,10-11H2,1-9H3. The summed E-state index contributed by atoms with van der Waals surface area (Å²) in [6, 6.07) is 0. The summed E-state index contributed by atoms with van der Waals surface area (Å²) in [6.45, 7) is 21.2. The fraction of sp³-hybridized carbons (Fsp3) is 1.00. The molecule has 0 aromatic carbocycles. The van der Waals surface area contributed by atoms with Crippen LogP contribution < -0.4 is 0 Å². The van der Waals surface area contributed by atoms with Crippen LogP contribution in [-0.4, -0.2) is 56.5 Å². The maximum absolute atomic E-state index is 6.45. The molecule has 1 rings (SSSR count). The predicted octanol–water partition coefficient (Wildman–Crippen LogP) is 3.68. The average Bonchev–Trinajstić information content (AvgIpc) is 2.16. The highest BCUT2D eigenvalue weighted by Gasteiger charge is 2.42. The molecule has 1 saturated heterocycles. The van der Waals surface area contributed by atoms with Crippen molar-refractivity contribution in [1.82, 2.24) is 0 Å². The molecule has 0 spiro atoms. The van der Waals surface area contributed by atoms with Crippen LogP contribution in [0.15, 0.2) is 0 Å². The summed E-state index contributed by atoms with van der Waals surface area (Å²) in [6.07, 6.45) is 0.000787. The third-order valence-corrected chi connectivity index (χ3v) is 5.80. The van der Waals surface area contributed by atoms with Crippen LogP contribution in [0.3, 0.4) is 0 Å². The van der Waals surface area contributed by atoms with E-state index in [4.69, 9.17) is 18.0 Å². The van der Waals surface area contributed by atoms with Crippen LogP contribution in [0.1, 0.15) is 0 Å². The van der Waals surface area contributed by atoms with Crippen LogP contribution in [0.4, 0.5) is 0 Å². The predicted molar refractivity (Wildman–Crippen MR) is 95.5 cm³/mol. The zero-order chi connectivity index (χ0) is 16.5. The summed E-state index contributed by atoms with van der Waals surface area (Å²) in [4.78, 5) is 0. The molecule has 2 unspecified atom stereocenters. The quantitative estimate of drug-likeness (QED) is 0.685. The molecule has 0 aliphatic carbocycles. The lowest BCUT2D eigenvalue weighted by atomic mass is 10.1. The monoisotopic (exact) mass is 350 g/mol. The highest BCUT2D eigenvalue weighted by atomic mass is 28.4. The van der Waals surface area contributed by atoms with Crippen molar-refractivity contribution in [3.05, 3.63) is 0 Å². The Balaban J connectivity index is 2.90. The Morgan fingerprint density at radius 1 is 0.619 bits per heavy atom. The number of rotatable bonds is 6. The van der Waals surface area contributed by atoms with Gasteiger partial charge in [0, 0.05) is 0 Å². The summed E-state index contributed by atoms with van der Waals surface area (Å²) < 4.78 is 24.9. The molecule has 4 nitrogen and oxygen atoms in total. The van der Waals surface area contributed by atoms with E-state index in [1.54, 1.807) is 0 Å². The smallest absolute Gasteiger partial charge is 0.184 e. The molecule has 1 fully saturated rings. The van der Waals surface area contributed by atoms with Crippen molar-refractivity contribution in [2.45, 2.75) is 77.2 Å². The average molecular weight is 351 g/mol. The van der Waals surface area contributed by atoms with Gasteiger partial charge >= 0.3 is 0 Å². The fourth-order valence-corrected chi connectivity index (χ4v) is 5.74.